The third-order valence-corrected chi connectivity index (χ3v) is 4.23. The highest BCUT2D eigenvalue weighted by atomic mass is 35.5. The van der Waals surface area contributed by atoms with Gasteiger partial charge in [-0.25, -0.2) is 4.39 Å². The SMILES string of the molecule is O=C(c1ccc(F)cc1Cl)C1CCc2ccccc2C1. The molecule has 0 aliphatic heterocycles. The van der Waals surface area contributed by atoms with Crippen LogP contribution in [0.5, 0.6) is 0 Å². The molecular formula is C17H14ClFO. The van der Waals surface area contributed by atoms with Gasteiger partial charge in [-0.2, -0.15) is 0 Å². The van der Waals surface area contributed by atoms with Crippen LogP contribution < -0.4 is 0 Å². The molecule has 3 heteroatoms. The second-order valence-corrected chi connectivity index (χ2v) is 5.60. The number of halogens is 2. The third-order valence-electron chi connectivity index (χ3n) is 3.91. The van der Waals surface area contributed by atoms with E-state index in [1.807, 2.05) is 12.1 Å². The van der Waals surface area contributed by atoms with E-state index < -0.39 is 5.82 Å². The van der Waals surface area contributed by atoms with Crippen LogP contribution in [0.4, 0.5) is 4.39 Å². The Labute approximate surface area is 122 Å². The van der Waals surface area contributed by atoms with E-state index in [9.17, 15) is 9.18 Å². The summed E-state index contributed by atoms with van der Waals surface area (Å²) >= 11 is 5.98. The second kappa shape index (κ2) is 5.37. The maximum absolute atomic E-state index is 13.1. The van der Waals surface area contributed by atoms with Gasteiger partial charge >= 0.3 is 0 Å². The van der Waals surface area contributed by atoms with Crippen LogP contribution in [0.2, 0.25) is 5.02 Å². The molecule has 20 heavy (non-hydrogen) atoms. The minimum atomic E-state index is -0.416. The highest BCUT2D eigenvalue weighted by Crippen LogP contribution is 2.30. The lowest BCUT2D eigenvalue weighted by Gasteiger charge is -2.23. The Kier molecular flexibility index (Phi) is 3.58. The van der Waals surface area contributed by atoms with E-state index in [0.717, 1.165) is 19.3 Å². The second-order valence-electron chi connectivity index (χ2n) is 5.20. The van der Waals surface area contributed by atoms with Crippen molar-refractivity contribution in [2.45, 2.75) is 19.3 Å². The first kappa shape index (κ1) is 13.3. The fraction of sp³-hybridized carbons (Fsp3) is 0.235. The van der Waals surface area contributed by atoms with Crippen molar-refractivity contribution in [2.24, 2.45) is 5.92 Å². The number of benzene rings is 2. The molecule has 0 aromatic heterocycles. The molecule has 0 saturated heterocycles. The van der Waals surface area contributed by atoms with Gasteiger partial charge in [0.25, 0.3) is 0 Å². The van der Waals surface area contributed by atoms with Crippen LogP contribution in [0.15, 0.2) is 42.5 Å². The number of fused-ring (bicyclic) bond motifs is 1. The van der Waals surface area contributed by atoms with Crippen LogP contribution in [-0.2, 0) is 12.8 Å². The minimum Gasteiger partial charge on any atom is -0.294 e. The fourth-order valence-electron chi connectivity index (χ4n) is 2.83. The molecule has 1 aliphatic carbocycles. The Balaban J connectivity index is 1.86. The lowest BCUT2D eigenvalue weighted by Crippen LogP contribution is -2.23. The molecule has 3 rings (SSSR count). The summed E-state index contributed by atoms with van der Waals surface area (Å²) in [5, 5.41) is 0.203. The van der Waals surface area contributed by atoms with Crippen molar-refractivity contribution in [2.75, 3.05) is 0 Å². The molecule has 1 atom stereocenters. The van der Waals surface area contributed by atoms with E-state index in [1.165, 1.54) is 29.3 Å². The molecule has 0 amide bonds. The van der Waals surface area contributed by atoms with Crippen molar-refractivity contribution in [3.05, 3.63) is 70.0 Å². The molecule has 0 radical (unpaired) electrons. The zero-order valence-electron chi connectivity index (χ0n) is 10.9. The molecule has 0 bridgehead atoms. The molecule has 0 fully saturated rings. The maximum Gasteiger partial charge on any atom is 0.167 e. The predicted molar refractivity (Wildman–Crippen MR) is 77.7 cm³/mol. The van der Waals surface area contributed by atoms with E-state index in [0.29, 0.717) is 5.56 Å². The Hall–Kier alpha value is -1.67. The largest absolute Gasteiger partial charge is 0.294 e. The highest BCUT2D eigenvalue weighted by Gasteiger charge is 2.26. The zero-order valence-corrected chi connectivity index (χ0v) is 11.7. The Bertz CT molecular complexity index is 666. The molecule has 0 heterocycles. The number of hydrogen-bond donors (Lipinski definition) is 0. The molecule has 2 aromatic carbocycles. The van der Waals surface area contributed by atoms with E-state index in [-0.39, 0.29) is 16.7 Å². The van der Waals surface area contributed by atoms with Gasteiger partial charge < -0.3 is 0 Å². The summed E-state index contributed by atoms with van der Waals surface area (Å²) in [6.45, 7) is 0. The van der Waals surface area contributed by atoms with Gasteiger partial charge in [-0.1, -0.05) is 35.9 Å². The molecule has 1 unspecified atom stereocenters. The summed E-state index contributed by atoms with van der Waals surface area (Å²) in [5.41, 5.74) is 2.98. The molecule has 1 nitrogen and oxygen atoms in total. The van der Waals surface area contributed by atoms with Crippen LogP contribution in [0.1, 0.15) is 27.9 Å². The topological polar surface area (TPSA) is 17.1 Å². The van der Waals surface area contributed by atoms with Crippen LogP contribution in [0.3, 0.4) is 0 Å². The number of rotatable bonds is 2. The monoisotopic (exact) mass is 288 g/mol. The van der Waals surface area contributed by atoms with Gasteiger partial charge in [-0.15, -0.1) is 0 Å². The summed E-state index contributed by atoms with van der Waals surface area (Å²) in [6, 6.07) is 12.2. The number of carbonyl (C=O) groups is 1. The first-order valence-corrected chi connectivity index (χ1v) is 7.09. The summed E-state index contributed by atoms with van der Waals surface area (Å²) in [5.74, 6) is -0.460. The number of carbonyl (C=O) groups excluding carboxylic acids is 1. The van der Waals surface area contributed by atoms with Crippen molar-refractivity contribution < 1.29 is 9.18 Å². The Morgan fingerprint density at radius 1 is 1.15 bits per heavy atom. The van der Waals surface area contributed by atoms with Crippen molar-refractivity contribution >= 4 is 17.4 Å². The van der Waals surface area contributed by atoms with E-state index >= 15 is 0 Å². The van der Waals surface area contributed by atoms with Gasteiger partial charge in [0.15, 0.2) is 5.78 Å². The fourth-order valence-corrected chi connectivity index (χ4v) is 3.09. The zero-order chi connectivity index (χ0) is 14.1. The van der Waals surface area contributed by atoms with E-state index in [1.54, 1.807) is 0 Å². The van der Waals surface area contributed by atoms with Gasteiger partial charge in [-0.05, 0) is 48.6 Å². The minimum absolute atomic E-state index is 0.0181. The quantitative estimate of drug-likeness (QED) is 0.745. The molecule has 0 N–H and O–H groups in total. The molecule has 2 aromatic rings. The van der Waals surface area contributed by atoms with Crippen LogP contribution in [0.25, 0.3) is 0 Å². The molecule has 0 spiro atoms. The Morgan fingerprint density at radius 3 is 2.65 bits per heavy atom. The first-order chi connectivity index (χ1) is 9.65. The lowest BCUT2D eigenvalue weighted by atomic mass is 9.80. The van der Waals surface area contributed by atoms with Gasteiger partial charge in [0.1, 0.15) is 5.82 Å². The number of Topliss-reactive ketones (excluding diaryl/α,β-unsaturated/α-hetero) is 1. The molecule has 1 aliphatic rings. The summed E-state index contributed by atoms with van der Waals surface area (Å²) in [4.78, 5) is 12.5. The average molecular weight is 289 g/mol. The smallest absolute Gasteiger partial charge is 0.167 e. The summed E-state index contributed by atoms with van der Waals surface area (Å²) < 4.78 is 13.1. The molecule has 102 valence electrons. The maximum atomic E-state index is 13.1. The predicted octanol–water partition coefficient (Wildman–Crippen LogP) is 4.47. The summed E-state index contributed by atoms with van der Waals surface area (Å²) in [7, 11) is 0. The highest BCUT2D eigenvalue weighted by molar-refractivity contribution is 6.34. The number of aryl methyl sites for hydroxylation is 1. The van der Waals surface area contributed by atoms with Gasteiger partial charge in [0.2, 0.25) is 0 Å². The van der Waals surface area contributed by atoms with E-state index in [2.05, 4.69) is 12.1 Å². The normalized spacial score (nSPS) is 17.6. The molecule has 0 saturated carbocycles. The van der Waals surface area contributed by atoms with E-state index in [4.69, 9.17) is 11.6 Å². The standard InChI is InChI=1S/C17H14ClFO/c18-16-10-14(19)7-8-15(16)17(20)13-6-5-11-3-1-2-4-12(11)9-13/h1-4,7-8,10,13H,5-6,9H2. The summed E-state index contributed by atoms with van der Waals surface area (Å²) in [6.07, 6.45) is 2.47. The first-order valence-electron chi connectivity index (χ1n) is 6.71. The lowest BCUT2D eigenvalue weighted by molar-refractivity contribution is 0.0909. The van der Waals surface area contributed by atoms with Crippen LogP contribution in [0, 0.1) is 11.7 Å². The van der Waals surface area contributed by atoms with Gasteiger partial charge in [-0.3, -0.25) is 4.79 Å². The van der Waals surface area contributed by atoms with Gasteiger partial charge in [0, 0.05) is 11.5 Å². The van der Waals surface area contributed by atoms with Crippen molar-refractivity contribution in [1.82, 2.24) is 0 Å². The number of ketones is 1. The molecular weight excluding hydrogens is 275 g/mol. The number of hydrogen-bond acceptors (Lipinski definition) is 1. The van der Waals surface area contributed by atoms with Crippen LogP contribution in [-0.4, -0.2) is 5.78 Å². The van der Waals surface area contributed by atoms with Crippen molar-refractivity contribution in [1.29, 1.82) is 0 Å². The van der Waals surface area contributed by atoms with Gasteiger partial charge in [0.05, 0.1) is 5.02 Å². The van der Waals surface area contributed by atoms with Crippen molar-refractivity contribution in [3.63, 3.8) is 0 Å². The average Bonchev–Trinajstić information content (AvgIpc) is 2.46. The van der Waals surface area contributed by atoms with Crippen LogP contribution >= 0.6 is 11.6 Å². The third kappa shape index (κ3) is 2.48. The van der Waals surface area contributed by atoms with Crippen molar-refractivity contribution in [3.8, 4) is 0 Å². The Morgan fingerprint density at radius 2 is 1.90 bits per heavy atom.